The number of carbonyl (C=O) groups is 3. The van der Waals surface area contributed by atoms with Crippen LogP contribution in [0.25, 0.3) is 0 Å². The average molecular weight is 193 g/mol. The number of hydrogen-bond donors (Lipinski definition) is 4. The molecule has 0 rings (SSSR count). The Bertz CT molecular complexity index is 228. The molecule has 13 heavy (non-hydrogen) atoms. The summed E-state index contributed by atoms with van der Waals surface area (Å²) in [5.41, 5.74) is 2.96. The molecule has 0 aliphatic carbocycles. The number of carboxylic acid groups (broad SMARTS) is 2. The van der Waals surface area contributed by atoms with E-state index in [0.29, 0.717) is 5.01 Å². The summed E-state index contributed by atoms with van der Waals surface area (Å²) in [4.78, 5) is 34.2. The van der Waals surface area contributed by atoms with Crippen LogP contribution in [0.4, 0.5) is 14.4 Å². The third-order valence-electron chi connectivity index (χ3n) is 0.777. The minimum absolute atomic E-state index is 0.395. The van der Waals surface area contributed by atoms with Gasteiger partial charge in [-0.05, 0) is 0 Å². The van der Waals surface area contributed by atoms with Crippen molar-refractivity contribution in [3.05, 3.63) is 0 Å². The molecule has 9 heteroatoms. The first-order valence-corrected chi connectivity index (χ1v) is 2.86. The maximum absolute atomic E-state index is 10.5. The van der Waals surface area contributed by atoms with Crippen LogP contribution >= 0.6 is 0 Å². The lowest BCUT2D eigenvalue weighted by atomic mass is 11.0. The van der Waals surface area contributed by atoms with E-state index in [4.69, 9.17) is 10.2 Å². The molecule has 0 saturated carbocycles. The van der Waals surface area contributed by atoms with E-state index in [1.165, 1.54) is 5.48 Å². The molecule has 0 aliphatic heterocycles. The van der Waals surface area contributed by atoms with E-state index >= 15 is 0 Å². The summed E-state index contributed by atoms with van der Waals surface area (Å²) in [6, 6.07) is 0. The van der Waals surface area contributed by atoms with Crippen LogP contribution in [0.15, 0.2) is 0 Å². The van der Waals surface area contributed by atoms with Crippen LogP contribution in [-0.4, -0.2) is 40.5 Å². The summed E-state index contributed by atoms with van der Waals surface area (Å²) in [6.45, 7) is 0. The number of hydroxylamine groups is 1. The topological polar surface area (TPSA) is 128 Å². The van der Waals surface area contributed by atoms with Gasteiger partial charge in [0, 0.05) is 7.05 Å². The second-order valence-electron chi connectivity index (χ2n) is 1.75. The normalized spacial score (nSPS) is 8.38. The van der Waals surface area contributed by atoms with E-state index < -0.39 is 18.3 Å². The smallest absolute Gasteiger partial charge is 0.450 e. The predicted molar refractivity (Wildman–Crippen MR) is 36.6 cm³/mol. The second kappa shape index (κ2) is 4.64. The molecule has 0 unspecified atom stereocenters. The Hall–Kier alpha value is -2.19. The van der Waals surface area contributed by atoms with Gasteiger partial charge in [-0.15, -0.1) is 5.48 Å². The summed E-state index contributed by atoms with van der Waals surface area (Å²) in [5.74, 6) is 0. The van der Waals surface area contributed by atoms with Crippen LogP contribution < -0.4 is 10.9 Å². The van der Waals surface area contributed by atoms with E-state index in [-0.39, 0.29) is 0 Å². The number of rotatable bonds is 0. The summed E-state index contributed by atoms with van der Waals surface area (Å²) < 4.78 is 0. The molecule has 3 amide bonds. The van der Waals surface area contributed by atoms with Gasteiger partial charge < -0.3 is 15.1 Å². The number of carbonyl (C=O) groups excluding carboxylic acids is 1. The Morgan fingerprint density at radius 1 is 1.31 bits per heavy atom. The van der Waals surface area contributed by atoms with E-state index in [1.54, 1.807) is 5.43 Å². The molecule has 0 fully saturated rings. The number of nitrogens with one attached hydrogen (secondary N) is 2. The SMILES string of the molecule is CN(NC(=O)ONC(=O)O)C(=O)O. The third kappa shape index (κ3) is 5.12. The highest BCUT2D eigenvalue weighted by molar-refractivity contribution is 5.73. The zero-order valence-electron chi connectivity index (χ0n) is 6.47. The minimum Gasteiger partial charge on any atom is -0.464 e. The quantitative estimate of drug-likeness (QED) is 0.381. The first-order chi connectivity index (χ1) is 5.93. The predicted octanol–water partition coefficient (Wildman–Crippen LogP) is -0.580. The number of amides is 3. The van der Waals surface area contributed by atoms with Crippen molar-refractivity contribution in [2.45, 2.75) is 0 Å². The Morgan fingerprint density at radius 3 is 2.23 bits per heavy atom. The Balaban J connectivity index is 3.74. The first-order valence-electron chi connectivity index (χ1n) is 2.86. The lowest BCUT2D eigenvalue weighted by molar-refractivity contribution is 0.0633. The van der Waals surface area contributed by atoms with Gasteiger partial charge in [0.05, 0.1) is 0 Å². The molecular weight excluding hydrogens is 186 g/mol. The van der Waals surface area contributed by atoms with E-state index in [9.17, 15) is 14.4 Å². The Morgan fingerprint density at radius 2 is 1.85 bits per heavy atom. The van der Waals surface area contributed by atoms with Gasteiger partial charge in [0.15, 0.2) is 0 Å². The van der Waals surface area contributed by atoms with E-state index in [2.05, 4.69) is 4.84 Å². The standard InChI is InChI=1S/C4H7N3O6/c1-7(4(11)12)5-3(10)13-6-2(8)9/h6H,1H3,(H,5,10)(H,8,9)(H,11,12). The molecular formula is C4H7N3O6. The first kappa shape index (κ1) is 10.8. The van der Waals surface area contributed by atoms with E-state index in [1.807, 2.05) is 0 Å². The second-order valence-corrected chi connectivity index (χ2v) is 1.75. The molecule has 0 bridgehead atoms. The molecule has 0 aromatic heterocycles. The molecule has 0 aromatic carbocycles. The van der Waals surface area contributed by atoms with Crippen molar-refractivity contribution in [2.24, 2.45) is 0 Å². The highest BCUT2D eigenvalue weighted by Crippen LogP contribution is 1.79. The molecule has 0 spiro atoms. The summed E-state index contributed by atoms with van der Waals surface area (Å²) in [5, 5.41) is 16.6. The molecule has 0 aromatic rings. The number of hydrogen-bond acceptors (Lipinski definition) is 4. The van der Waals surface area contributed by atoms with Gasteiger partial charge in [-0.3, -0.25) is 0 Å². The number of nitrogens with zero attached hydrogens (tertiary/aromatic N) is 1. The van der Waals surface area contributed by atoms with Gasteiger partial charge in [-0.1, -0.05) is 0 Å². The highest BCUT2D eigenvalue weighted by atomic mass is 16.7. The van der Waals surface area contributed by atoms with Crippen LogP contribution in [0, 0.1) is 0 Å². The number of hydrazine groups is 1. The molecule has 0 saturated heterocycles. The van der Waals surface area contributed by atoms with Gasteiger partial charge in [0.2, 0.25) is 0 Å². The maximum atomic E-state index is 10.5. The minimum atomic E-state index is -1.58. The van der Waals surface area contributed by atoms with Gasteiger partial charge in [0.25, 0.3) is 0 Å². The average Bonchev–Trinajstić information content (AvgIpc) is 2.00. The third-order valence-corrected chi connectivity index (χ3v) is 0.777. The van der Waals surface area contributed by atoms with Crippen molar-refractivity contribution in [1.29, 1.82) is 0 Å². The van der Waals surface area contributed by atoms with Crippen molar-refractivity contribution in [2.75, 3.05) is 7.05 Å². The van der Waals surface area contributed by atoms with Gasteiger partial charge >= 0.3 is 18.3 Å². The van der Waals surface area contributed by atoms with Crippen molar-refractivity contribution < 1.29 is 29.4 Å². The largest absolute Gasteiger partial charge is 0.464 e. The monoisotopic (exact) mass is 193 g/mol. The molecule has 74 valence electrons. The van der Waals surface area contributed by atoms with Crippen LogP contribution in [0.3, 0.4) is 0 Å². The Kier molecular flexibility index (Phi) is 3.86. The van der Waals surface area contributed by atoms with Crippen molar-refractivity contribution in [3.63, 3.8) is 0 Å². The molecule has 4 N–H and O–H groups in total. The fourth-order valence-corrected chi connectivity index (χ4v) is 0.298. The van der Waals surface area contributed by atoms with Crippen molar-refractivity contribution in [1.82, 2.24) is 15.9 Å². The van der Waals surface area contributed by atoms with Crippen LogP contribution in [0.2, 0.25) is 0 Å². The molecule has 0 heterocycles. The zero-order chi connectivity index (χ0) is 10.4. The molecule has 0 atom stereocenters. The van der Waals surface area contributed by atoms with Crippen molar-refractivity contribution >= 4 is 18.3 Å². The Labute approximate surface area is 71.8 Å². The van der Waals surface area contributed by atoms with Gasteiger partial charge in [-0.2, -0.15) is 0 Å². The maximum Gasteiger partial charge on any atom is 0.450 e. The zero-order valence-corrected chi connectivity index (χ0v) is 6.47. The van der Waals surface area contributed by atoms with Gasteiger partial charge in [-0.25, -0.2) is 24.8 Å². The summed E-state index contributed by atoms with van der Waals surface area (Å²) in [7, 11) is 1.03. The van der Waals surface area contributed by atoms with Crippen LogP contribution in [-0.2, 0) is 4.84 Å². The highest BCUT2D eigenvalue weighted by Gasteiger charge is 2.11. The van der Waals surface area contributed by atoms with Crippen LogP contribution in [0.5, 0.6) is 0 Å². The summed E-state index contributed by atoms with van der Waals surface area (Å²) >= 11 is 0. The molecule has 9 nitrogen and oxygen atoms in total. The summed E-state index contributed by atoms with van der Waals surface area (Å²) in [6.07, 6.45) is -4.26. The molecule has 0 aliphatic rings. The van der Waals surface area contributed by atoms with E-state index in [0.717, 1.165) is 7.05 Å². The van der Waals surface area contributed by atoms with Gasteiger partial charge in [0.1, 0.15) is 0 Å². The van der Waals surface area contributed by atoms with Crippen molar-refractivity contribution in [3.8, 4) is 0 Å². The fourth-order valence-electron chi connectivity index (χ4n) is 0.298. The van der Waals surface area contributed by atoms with Crippen LogP contribution in [0.1, 0.15) is 0 Å². The lowest BCUT2D eigenvalue weighted by Gasteiger charge is -2.12. The fraction of sp³-hybridized carbons (Fsp3) is 0.250. The lowest BCUT2D eigenvalue weighted by Crippen LogP contribution is -2.44. The molecule has 0 radical (unpaired) electrons.